The van der Waals surface area contributed by atoms with Crippen LogP contribution >= 0.6 is 0 Å². The Bertz CT molecular complexity index is 1350. The van der Waals surface area contributed by atoms with E-state index < -0.39 is 23.3 Å². The topological polar surface area (TPSA) is 112 Å². The van der Waals surface area contributed by atoms with Gasteiger partial charge < -0.3 is 23.7 Å². The average molecular weight is 452 g/mol. The first-order valence-electron chi connectivity index (χ1n) is 10.5. The molecule has 0 fully saturated rings. The smallest absolute Gasteiger partial charge is 0.336 e. The van der Waals surface area contributed by atoms with Crippen LogP contribution in [-0.2, 0) is 4.79 Å². The number of hydrogen-bond donors (Lipinski definition) is 1. The largest absolute Gasteiger partial charge is 0.506 e. The molecule has 0 bridgehead atoms. The van der Waals surface area contributed by atoms with Gasteiger partial charge in [-0.2, -0.15) is 0 Å². The Labute approximate surface area is 189 Å². The number of ether oxygens (including phenoxy) is 3. The van der Waals surface area contributed by atoms with E-state index in [0.29, 0.717) is 28.2 Å². The third-order valence-electron chi connectivity index (χ3n) is 5.59. The lowest BCUT2D eigenvalue weighted by atomic mass is 9.82. The fourth-order valence-corrected chi connectivity index (χ4v) is 4.27. The van der Waals surface area contributed by atoms with Gasteiger partial charge in [0, 0.05) is 17.5 Å². The highest BCUT2D eigenvalue weighted by atomic mass is 16.5. The van der Waals surface area contributed by atoms with E-state index in [1.807, 2.05) is 13.8 Å². The summed E-state index contributed by atoms with van der Waals surface area (Å²) in [6.45, 7) is 6.70. The molecule has 3 aromatic rings. The first-order chi connectivity index (χ1) is 15.6. The highest BCUT2D eigenvalue weighted by Gasteiger charge is 2.37. The van der Waals surface area contributed by atoms with Gasteiger partial charge in [0.05, 0.1) is 25.0 Å². The van der Waals surface area contributed by atoms with Gasteiger partial charge in [-0.3, -0.25) is 9.59 Å². The number of aryl methyl sites for hydroxylation is 1. The van der Waals surface area contributed by atoms with Crippen molar-refractivity contribution in [1.29, 1.82) is 0 Å². The Morgan fingerprint density at radius 3 is 2.55 bits per heavy atom. The van der Waals surface area contributed by atoms with E-state index >= 15 is 0 Å². The molecule has 1 N–H and O–H groups in total. The number of phenolic OH excluding ortho intramolecular Hbond substituents is 1. The van der Waals surface area contributed by atoms with Crippen LogP contribution in [0, 0.1) is 6.92 Å². The molecule has 0 spiro atoms. The molecule has 1 aliphatic rings. The summed E-state index contributed by atoms with van der Waals surface area (Å²) in [4.78, 5) is 37.3. The molecule has 0 saturated heterocycles. The normalized spacial score (nSPS) is 15.3. The lowest BCUT2D eigenvalue weighted by molar-refractivity contribution is -0.135. The molecular formula is C25H24O8. The molecule has 4 rings (SSSR count). The van der Waals surface area contributed by atoms with Gasteiger partial charge in [-0.1, -0.05) is 6.07 Å². The second-order valence-electron chi connectivity index (χ2n) is 8.28. The van der Waals surface area contributed by atoms with Gasteiger partial charge in [0.2, 0.25) is 0 Å². The number of hydrogen-bond acceptors (Lipinski definition) is 8. The Balaban J connectivity index is 2.05. The molecule has 2 heterocycles. The SMILES string of the molecule is COc1cc(C2CC(=O)Oc3c(C(C)=O)c(O)c4c(C)cc(=O)oc4c32)ccc1OC(C)C. The predicted molar refractivity (Wildman–Crippen MR) is 120 cm³/mol. The fourth-order valence-electron chi connectivity index (χ4n) is 4.27. The maximum atomic E-state index is 12.6. The summed E-state index contributed by atoms with van der Waals surface area (Å²) < 4.78 is 22.2. The van der Waals surface area contributed by atoms with Crippen molar-refractivity contribution in [1.82, 2.24) is 0 Å². The molecule has 1 atom stereocenters. The standard InChI is InChI=1S/C25H24O8/c1-11(2)31-16-7-6-14(9-17(16)30-5)15-10-19(28)33-25-21(13(4)26)23(29)20-12(3)8-18(27)32-24(20)22(15)25/h6-9,11,15,29H,10H2,1-5H3. The first kappa shape index (κ1) is 22.4. The molecule has 0 saturated carbocycles. The summed E-state index contributed by atoms with van der Waals surface area (Å²) in [5.74, 6) is -1.15. The van der Waals surface area contributed by atoms with E-state index in [0.717, 1.165) is 0 Å². The molecule has 0 amide bonds. The van der Waals surface area contributed by atoms with Crippen molar-refractivity contribution >= 4 is 22.7 Å². The summed E-state index contributed by atoms with van der Waals surface area (Å²) in [7, 11) is 1.51. The van der Waals surface area contributed by atoms with Crippen molar-refractivity contribution in [3.63, 3.8) is 0 Å². The number of esters is 1. The summed E-state index contributed by atoms with van der Waals surface area (Å²) >= 11 is 0. The number of benzene rings is 2. The van der Waals surface area contributed by atoms with Crippen LogP contribution in [0.2, 0.25) is 0 Å². The van der Waals surface area contributed by atoms with Crippen molar-refractivity contribution in [3.8, 4) is 23.0 Å². The van der Waals surface area contributed by atoms with Crippen molar-refractivity contribution in [2.45, 2.75) is 46.1 Å². The molecule has 172 valence electrons. The number of methoxy groups -OCH3 is 1. The molecule has 1 aliphatic heterocycles. The fraction of sp³-hybridized carbons (Fsp3) is 0.320. The van der Waals surface area contributed by atoms with E-state index in [1.165, 1.54) is 20.1 Å². The minimum absolute atomic E-state index is 0.0601. The van der Waals surface area contributed by atoms with Gasteiger partial charge in [-0.25, -0.2) is 4.79 Å². The number of phenols is 1. The van der Waals surface area contributed by atoms with E-state index in [4.69, 9.17) is 18.6 Å². The second kappa shape index (κ2) is 8.27. The minimum atomic E-state index is -0.619. The van der Waals surface area contributed by atoms with Crippen molar-refractivity contribution in [2.24, 2.45) is 0 Å². The summed E-state index contributed by atoms with van der Waals surface area (Å²) in [5.41, 5.74) is 0.805. The van der Waals surface area contributed by atoms with Gasteiger partial charge in [0.1, 0.15) is 16.9 Å². The van der Waals surface area contributed by atoms with E-state index in [1.54, 1.807) is 25.1 Å². The highest BCUT2D eigenvalue weighted by Crippen LogP contribution is 2.50. The molecule has 1 unspecified atom stereocenters. The van der Waals surface area contributed by atoms with Crippen molar-refractivity contribution in [2.75, 3.05) is 7.11 Å². The monoisotopic (exact) mass is 452 g/mol. The highest BCUT2D eigenvalue weighted by molar-refractivity contribution is 6.09. The third kappa shape index (κ3) is 3.82. The average Bonchev–Trinajstić information content (AvgIpc) is 2.72. The van der Waals surface area contributed by atoms with Gasteiger partial charge in [0.25, 0.3) is 0 Å². The number of rotatable bonds is 5. The van der Waals surface area contributed by atoms with Crippen LogP contribution in [-0.4, -0.2) is 30.1 Å². The molecule has 8 heteroatoms. The summed E-state index contributed by atoms with van der Waals surface area (Å²) in [5, 5.41) is 11.1. The lowest BCUT2D eigenvalue weighted by Crippen LogP contribution is -2.24. The van der Waals surface area contributed by atoms with Crippen molar-refractivity contribution < 1.29 is 33.3 Å². The molecular weight excluding hydrogens is 428 g/mol. The zero-order valence-corrected chi connectivity index (χ0v) is 19.0. The molecule has 8 nitrogen and oxygen atoms in total. The zero-order chi connectivity index (χ0) is 24.0. The van der Waals surface area contributed by atoms with Crippen LogP contribution in [0.3, 0.4) is 0 Å². The molecule has 0 radical (unpaired) electrons. The van der Waals surface area contributed by atoms with Crippen LogP contribution in [0.4, 0.5) is 0 Å². The quantitative estimate of drug-likeness (QED) is 0.265. The first-order valence-corrected chi connectivity index (χ1v) is 10.5. The van der Waals surface area contributed by atoms with E-state index in [2.05, 4.69) is 0 Å². The van der Waals surface area contributed by atoms with Gasteiger partial charge in [-0.05, 0) is 51.0 Å². The number of ketones is 1. The molecule has 1 aromatic heterocycles. The van der Waals surface area contributed by atoms with Gasteiger partial charge in [-0.15, -0.1) is 0 Å². The number of aromatic hydroxyl groups is 1. The molecule has 0 aliphatic carbocycles. The van der Waals surface area contributed by atoms with Crippen LogP contribution in [0.15, 0.2) is 33.5 Å². The number of Topliss-reactive ketones (excluding diaryl/α,β-unsaturated/α-hetero) is 1. The third-order valence-corrected chi connectivity index (χ3v) is 5.59. The van der Waals surface area contributed by atoms with E-state index in [-0.39, 0.29) is 40.6 Å². The van der Waals surface area contributed by atoms with Crippen LogP contribution in [0.25, 0.3) is 11.0 Å². The minimum Gasteiger partial charge on any atom is -0.506 e. The number of carbonyl (C=O) groups excluding carboxylic acids is 2. The second-order valence-corrected chi connectivity index (χ2v) is 8.28. The van der Waals surface area contributed by atoms with Gasteiger partial charge in [0.15, 0.2) is 23.0 Å². The zero-order valence-electron chi connectivity index (χ0n) is 19.0. The van der Waals surface area contributed by atoms with Gasteiger partial charge >= 0.3 is 11.6 Å². The van der Waals surface area contributed by atoms with E-state index in [9.17, 15) is 19.5 Å². The lowest BCUT2D eigenvalue weighted by Gasteiger charge is -2.28. The Hall–Kier alpha value is -3.81. The predicted octanol–water partition coefficient (Wildman–Crippen LogP) is 4.25. The molecule has 2 aromatic carbocycles. The van der Waals surface area contributed by atoms with Crippen LogP contribution < -0.4 is 19.8 Å². The Kier molecular flexibility index (Phi) is 5.61. The van der Waals surface area contributed by atoms with Crippen molar-refractivity contribution in [3.05, 3.63) is 56.9 Å². The maximum absolute atomic E-state index is 12.6. The Morgan fingerprint density at radius 1 is 1.18 bits per heavy atom. The van der Waals surface area contributed by atoms with Crippen LogP contribution in [0.1, 0.15) is 60.2 Å². The number of carbonyl (C=O) groups is 2. The summed E-state index contributed by atoms with van der Waals surface area (Å²) in [6.07, 6.45) is -0.132. The maximum Gasteiger partial charge on any atom is 0.336 e. The van der Waals surface area contributed by atoms with Crippen LogP contribution in [0.5, 0.6) is 23.0 Å². The number of fused-ring (bicyclic) bond motifs is 3. The Morgan fingerprint density at radius 2 is 1.91 bits per heavy atom. The summed E-state index contributed by atoms with van der Waals surface area (Å²) in [6, 6.07) is 6.51. The molecule has 33 heavy (non-hydrogen) atoms.